The van der Waals surface area contributed by atoms with Gasteiger partial charge >= 0.3 is 0 Å². The number of hydrogen-bond donors (Lipinski definition) is 1. The lowest BCUT2D eigenvalue weighted by molar-refractivity contribution is -0.122. The molecule has 174 valence electrons. The van der Waals surface area contributed by atoms with Crippen LogP contribution in [0, 0.1) is 0 Å². The molecule has 7 nitrogen and oxygen atoms in total. The number of hydrogen-bond acceptors (Lipinski definition) is 7. The number of amides is 1. The fourth-order valence-corrected chi connectivity index (χ4v) is 4.73. The quantitative estimate of drug-likeness (QED) is 0.494. The van der Waals surface area contributed by atoms with Crippen LogP contribution in [0.15, 0.2) is 53.9 Å². The molecule has 4 rings (SSSR count). The largest absolute Gasteiger partial charge is 0.497 e. The van der Waals surface area contributed by atoms with Gasteiger partial charge in [0.1, 0.15) is 17.5 Å². The van der Waals surface area contributed by atoms with Crippen LogP contribution in [0.1, 0.15) is 19.8 Å². The van der Waals surface area contributed by atoms with Gasteiger partial charge in [0.05, 0.1) is 26.0 Å². The van der Waals surface area contributed by atoms with E-state index in [1.54, 1.807) is 14.2 Å². The number of carbonyl (C=O) groups excluding carboxylic acids is 1. The summed E-state index contributed by atoms with van der Waals surface area (Å²) in [6.45, 7) is 3.18. The van der Waals surface area contributed by atoms with Crippen molar-refractivity contribution in [3.8, 4) is 22.8 Å². The molecule has 0 bridgehead atoms. The Bertz CT molecular complexity index is 1050. The van der Waals surface area contributed by atoms with Crippen LogP contribution >= 0.6 is 11.3 Å². The van der Waals surface area contributed by atoms with Crippen LogP contribution in [0.2, 0.25) is 0 Å². The van der Waals surface area contributed by atoms with E-state index in [1.165, 1.54) is 11.3 Å². The molecular weight excluding hydrogens is 438 g/mol. The molecule has 2 aromatic carbocycles. The van der Waals surface area contributed by atoms with E-state index in [2.05, 4.69) is 5.32 Å². The van der Waals surface area contributed by atoms with Gasteiger partial charge in [-0.15, -0.1) is 11.3 Å². The lowest BCUT2D eigenvalue weighted by Gasteiger charge is -2.28. The molecule has 0 radical (unpaired) electrons. The summed E-state index contributed by atoms with van der Waals surface area (Å²) in [7, 11) is 3.28. The maximum Gasteiger partial charge on any atom is 0.242 e. The summed E-state index contributed by atoms with van der Waals surface area (Å²) in [6.07, 6.45) is 2.12. The number of nitrogens with one attached hydrogen (secondary N) is 1. The second kappa shape index (κ2) is 10.7. The zero-order chi connectivity index (χ0) is 23.2. The van der Waals surface area contributed by atoms with E-state index in [-0.39, 0.29) is 12.0 Å². The Kier molecular flexibility index (Phi) is 7.47. The van der Waals surface area contributed by atoms with Crippen molar-refractivity contribution in [3.05, 3.63) is 53.9 Å². The molecule has 0 unspecified atom stereocenters. The van der Waals surface area contributed by atoms with Crippen LogP contribution in [0.25, 0.3) is 11.3 Å². The van der Waals surface area contributed by atoms with Gasteiger partial charge in [0.15, 0.2) is 5.13 Å². The third kappa shape index (κ3) is 5.46. The average molecular weight is 468 g/mol. The summed E-state index contributed by atoms with van der Waals surface area (Å²) in [5.74, 6) is 1.49. The number of nitrogens with zero attached hydrogens (tertiary/aromatic N) is 2. The van der Waals surface area contributed by atoms with Crippen molar-refractivity contribution in [2.75, 3.05) is 32.3 Å². The maximum absolute atomic E-state index is 13.1. The lowest BCUT2D eigenvalue weighted by Crippen LogP contribution is -2.45. The summed E-state index contributed by atoms with van der Waals surface area (Å²) in [6, 6.07) is 15.0. The van der Waals surface area contributed by atoms with E-state index in [0.29, 0.717) is 6.54 Å². The Balaban J connectivity index is 1.59. The van der Waals surface area contributed by atoms with Crippen LogP contribution in [-0.4, -0.2) is 50.4 Å². The number of aromatic nitrogens is 1. The molecule has 1 fully saturated rings. The molecule has 1 aliphatic rings. The molecule has 0 aliphatic carbocycles. The number of benzene rings is 2. The summed E-state index contributed by atoms with van der Waals surface area (Å²) >= 11 is 1.50. The highest BCUT2D eigenvalue weighted by Gasteiger charge is 2.27. The Morgan fingerprint density at radius 2 is 1.82 bits per heavy atom. The van der Waals surface area contributed by atoms with Crippen molar-refractivity contribution < 1.29 is 19.0 Å². The SMILES string of the molecule is COc1ccc(-c2csc(N(c3ccc(OC)cc3)[C@@H](C)C(=O)NC[C@H]3CCCO3)n2)cc1. The lowest BCUT2D eigenvalue weighted by atomic mass is 10.2. The Hall–Kier alpha value is -3.10. The highest BCUT2D eigenvalue weighted by molar-refractivity contribution is 7.14. The Labute approximate surface area is 198 Å². The predicted molar refractivity (Wildman–Crippen MR) is 131 cm³/mol. The highest BCUT2D eigenvalue weighted by atomic mass is 32.1. The minimum atomic E-state index is -0.463. The fourth-order valence-electron chi connectivity index (χ4n) is 3.80. The van der Waals surface area contributed by atoms with Gasteiger partial charge < -0.3 is 24.4 Å². The zero-order valence-electron chi connectivity index (χ0n) is 19.1. The number of thiazole rings is 1. The van der Waals surface area contributed by atoms with Crippen LogP contribution in [0.4, 0.5) is 10.8 Å². The maximum atomic E-state index is 13.1. The third-order valence-corrected chi connectivity index (χ3v) is 6.57. The third-order valence-electron chi connectivity index (χ3n) is 5.73. The molecule has 1 saturated heterocycles. The summed E-state index contributed by atoms with van der Waals surface area (Å²) < 4.78 is 16.2. The van der Waals surface area contributed by atoms with Gasteiger partial charge in [0.2, 0.25) is 5.91 Å². The highest BCUT2D eigenvalue weighted by Crippen LogP contribution is 2.35. The summed E-state index contributed by atoms with van der Waals surface area (Å²) in [5, 5.41) is 5.80. The van der Waals surface area contributed by atoms with Crippen molar-refractivity contribution in [3.63, 3.8) is 0 Å². The van der Waals surface area contributed by atoms with Crippen LogP contribution < -0.4 is 19.7 Å². The summed E-state index contributed by atoms with van der Waals surface area (Å²) in [4.78, 5) is 19.9. The minimum absolute atomic E-state index is 0.0671. The smallest absolute Gasteiger partial charge is 0.242 e. The molecule has 0 spiro atoms. The van der Waals surface area contributed by atoms with E-state index in [1.807, 2.05) is 65.7 Å². The second-order valence-corrected chi connectivity index (χ2v) is 8.70. The molecule has 2 heterocycles. The topological polar surface area (TPSA) is 72.9 Å². The van der Waals surface area contributed by atoms with Gasteiger partial charge in [0, 0.05) is 29.8 Å². The molecule has 3 aromatic rings. The van der Waals surface area contributed by atoms with Gasteiger partial charge in [-0.3, -0.25) is 4.79 Å². The standard InChI is InChI=1S/C25H29N3O4S/c1-17(24(29)26-15-22-5-4-14-32-22)28(19-8-12-21(31-3)13-9-19)25-27-23(16-33-25)18-6-10-20(30-2)11-7-18/h6-13,16-17,22H,4-5,14-15H2,1-3H3,(H,26,29)/t17-,22+/m0/s1. The van der Waals surface area contributed by atoms with Gasteiger partial charge in [-0.25, -0.2) is 4.98 Å². The zero-order valence-corrected chi connectivity index (χ0v) is 19.9. The molecule has 2 atom stereocenters. The predicted octanol–water partition coefficient (Wildman–Crippen LogP) is 4.65. The van der Waals surface area contributed by atoms with Crippen molar-refractivity contribution in [2.24, 2.45) is 0 Å². The van der Waals surface area contributed by atoms with E-state index >= 15 is 0 Å². The number of rotatable bonds is 9. The van der Waals surface area contributed by atoms with Gasteiger partial charge in [-0.2, -0.15) is 0 Å². The van der Waals surface area contributed by atoms with Crippen LogP contribution in [0.3, 0.4) is 0 Å². The molecule has 1 aromatic heterocycles. The van der Waals surface area contributed by atoms with Gasteiger partial charge in [-0.1, -0.05) is 0 Å². The molecular formula is C25H29N3O4S. The first-order chi connectivity index (χ1) is 16.1. The first-order valence-corrected chi connectivity index (χ1v) is 11.9. The van der Waals surface area contributed by atoms with Crippen LogP contribution in [-0.2, 0) is 9.53 Å². The Morgan fingerprint density at radius 1 is 1.15 bits per heavy atom. The number of ether oxygens (including phenoxy) is 3. The minimum Gasteiger partial charge on any atom is -0.497 e. The molecule has 1 N–H and O–H groups in total. The molecule has 1 amide bonds. The van der Waals surface area contributed by atoms with E-state index in [4.69, 9.17) is 19.2 Å². The van der Waals surface area contributed by atoms with E-state index in [0.717, 1.165) is 53.0 Å². The van der Waals surface area contributed by atoms with Crippen LogP contribution in [0.5, 0.6) is 11.5 Å². The molecule has 8 heteroatoms. The fraction of sp³-hybridized carbons (Fsp3) is 0.360. The van der Waals surface area contributed by atoms with E-state index in [9.17, 15) is 4.79 Å². The monoisotopic (exact) mass is 467 g/mol. The first-order valence-electron chi connectivity index (χ1n) is 11.0. The van der Waals surface area contributed by atoms with Gasteiger partial charge in [-0.05, 0) is 68.3 Å². The number of anilines is 2. The normalized spacial score (nSPS) is 16.3. The van der Waals surface area contributed by atoms with Crippen molar-refractivity contribution in [1.82, 2.24) is 10.3 Å². The molecule has 33 heavy (non-hydrogen) atoms. The van der Waals surface area contributed by atoms with Gasteiger partial charge in [0.25, 0.3) is 0 Å². The molecule has 1 aliphatic heterocycles. The summed E-state index contributed by atoms with van der Waals surface area (Å²) in [5.41, 5.74) is 2.71. The van der Waals surface area contributed by atoms with E-state index < -0.39 is 6.04 Å². The molecule has 0 saturated carbocycles. The number of carbonyl (C=O) groups is 1. The van der Waals surface area contributed by atoms with Crippen molar-refractivity contribution >= 4 is 28.1 Å². The number of methoxy groups -OCH3 is 2. The second-order valence-electron chi connectivity index (χ2n) is 7.87. The average Bonchev–Trinajstić information content (AvgIpc) is 3.56. The van der Waals surface area contributed by atoms with Crippen molar-refractivity contribution in [1.29, 1.82) is 0 Å². The first kappa shape index (κ1) is 23.1. The van der Waals surface area contributed by atoms with Crippen molar-refractivity contribution in [2.45, 2.75) is 31.9 Å². The Morgan fingerprint density at radius 3 is 2.42 bits per heavy atom.